The van der Waals surface area contributed by atoms with Crippen molar-refractivity contribution in [2.24, 2.45) is 0 Å². The zero-order chi connectivity index (χ0) is 13.3. The molecule has 2 heterocycles. The lowest BCUT2D eigenvalue weighted by atomic mass is 9.93. The minimum Gasteiger partial charge on any atom is -0.465 e. The summed E-state index contributed by atoms with van der Waals surface area (Å²) < 4.78 is 1.82. The lowest BCUT2D eigenvalue weighted by Gasteiger charge is -2.30. The van der Waals surface area contributed by atoms with Crippen LogP contribution in [0.25, 0.3) is 0 Å². The minimum atomic E-state index is -0.851. The standard InChI is InChI=1S/C12H20N4O2/c1-12(2,3)10-8-16(14-13-10)9-5-4-6-15(7-9)11(17)18/h8-9H,4-7H2,1-3H3,(H,17,18). The van der Waals surface area contributed by atoms with Crippen molar-refractivity contribution in [3.8, 4) is 0 Å². The molecule has 100 valence electrons. The Morgan fingerprint density at radius 1 is 1.50 bits per heavy atom. The van der Waals surface area contributed by atoms with Gasteiger partial charge in [0.15, 0.2) is 0 Å². The van der Waals surface area contributed by atoms with E-state index in [-0.39, 0.29) is 11.5 Å². The van der Waals surface area contributed by atoms with Crippen molar-refractivity contribution < 1.29 is 9.90 Å². The molecule has 6 nitrogen and oxygen atoms in total. The molecule has 2 rings (SSSR count). The fraction of sp³-hybridized carbons (Fsp3) is 0.750. The molecule has 1 atom stereocenters. The number of carbonyl (C=O) groups is 1. The normalized spacial score (nSPS) is 21.1. The van der Waals surface area contributed by atoms with Gasteiger partial charge in [-0.25, -0.2) is 9.48 Å². The lowest BCUT2D eigenvalue weighted by Crippen LogP contribution is -2.40. The van der Waals surface area contributed by atoms with Crippen LogP contribution in [-0.2, 0) is 5.41 Å². The molecule has 1 fully saturated rings. The molecule has 1 aliphatic heterocycles. The van der Waals surface area contributed by atoms with Crippen LogP contribution in [0.5, 0.6) is 0 Å². The van der Waals surface area contributed by atoms with Crippen LogP contribution in [-0.4, -0.2) is 44.2 Å². The summed E-state index contributed by atoms with van der Waals surface area (Å²) in [5, 5.41) is 17.3. The quantitative estimate of drug-likeness (QED) is 0.828. The highest BCUT2D eigenvalue weighted by atomic mass is 16.4. The minimum absolute atomic E-state index is 0.0284. The molecule has 1 unspecified atom stereocenters. The van der Waals surface area contributed by atoms with Crippen LogP contribution >= 0.6 is 0 Å². The van der Waals surface area contributed by atoms with E-state index in [2.05, 4.69) is 31.1 Å². The summed E-state index contributed by atoms with van der Waals surface area (Å²) >= 11 is 0. The smallest absolute Gasteiger partial charge is 0.407 e. The third-order valence-corrected chi connectivity index (χ3v) is 3.32. The fourth-order valence-electron chi connectivity index (χ4n) is 2.14. The van der Waals surface area contributed by atoms with Gasteiger partial charge in [-0.1, -0.05) is 26.0 Å². The van der Waals surface area contributed by atoms with Gasteiger partial charge in [0.25, 0.3) is 0 Å². The van der Waals surface area contributed by atoms with E-state index in [1.165, 1.54) is 4.90 Å². The molecule has 1 saturated heterocycles. The molecule has 1 aliphatic rings. The third kappa shape index (κ3) is 2.63. The summed E-state index contributed by atoms with van der Waals surface area (Å²) in [5.74, 6) is 0. The molecule has 1 N–H and O–H groups in total. The zero-order valence-corrected chi connectivity index (χ0v) is 11.1. The Bertz CT molecular complexity index is 436. The Hall–Kier alpha value is -1.59. The van der Waals surface area contributed by atoms with E-state index in [0.717, 1.165) is 18.5 Å². The van der Waals surface area contributed by atoms with Gasteiger partial charge in [-0.05, 0) is 12.8 Å². The van der Waals surface area contributed by atoms with Crippen molar-refractivity contribution in [3.63, 3.8) is 0 Å². The Balaban J connectivity index is 2.12. The highest BCUT2D eigenvalue weighted by molar-refractivity contribution is 5.65. The maximum Gasteiger partial charge on any atom is 0.407 e. The second-order valence-corrected chi connectivity index (χ2v) is 5.86. The zero-order valence-electron chi connectivity index (χ0n) is 11.1. The highest BCUT2D eigenvalue weighted by Crippen LogP contribution is 2.24. The number of aromatic nitrogens is 3. The number of nitrogens with zero attached hydrogens (tertiary/aromatic N) is 4. The number of hydrogen-bond acceptors (Lipinski definition) is 3. The molecule has 0 bridgehead atoms. The Morgan fingerprint density at radius 2 is 2.22 bits per heavy atom. The van der Waals surface area contributed by atoms with E-state index in [1.54, 1.807) is 0 Å². The van der Waals surface area contributed by atoms with Gasteiger partial charge in [-0.3, -0.25) is 0 Å². The second kappa shape index (κ2) is 4.59. The number of piperidine rings is 1. The van der Waals surface area contributed by atoms with Crippen molar-refractivity contribution >= 4 is 6.09 Å². The monoisotopic (exact) mass is 252 g/mol. The van der Waals surface area contributed by atoms with E-state index in [0.29, 0.717) is 13.1 Å². The summed E-state index contributed by atoms with van der Waals surface area (Å²) in [7, 11) is 0. The first-order valence-corrected chi connectivity index (χ1v) is 6.28. The molecule has 1 aromatic heterocycles. The molecule has 18 heavy (non-hydrogen) atoms. The summed E-state index contributed by atoms with van der Waals surface area (Å²) in [4.78, 5) is 12.4. The van der Waals surface area contributed by atoms with Crippen LogP contribution in [0.2, 0.25) is 0 Å². The molecule has 0 radical (unpaired) electrons. The van der Waals surface area contributed by atoms with Gasteiger partial charge in [0.1, 0.15) is 0 Å². The predicted molar refractivity (Wildman–Crippen MR) is 66.6 cm³/mol. The number of amides is 1. The summed E-state index contributed by atoms with van der Waals surface area (Å²) in [5.41, 5.74) is 0.911. The molecule has 0 saturated carbocycles. The van der Waals surface area contributed by atoms with Crippen molar-refractivity contribution in [2.45, 2.75) is 45.1 Å². The van der Waals surface area contributed by atoms with Gasteiger partial charge in [0.05, 0.1) is 11.7 Å². The first-order chi connectivity index (χ1) is 8.38. The van der Waals surface area contributed by atoms with Gasteiger partial charge in [0, 0.05) is 24.7 Å². The molecule has 0 aromatic carbocycles. The topological polar surface area (TPSA) is 71.2 Å². The summed E-state index contributed by atoms with van der Waals surface area (Å²) in [6.07, 6.45) is 2.92. The van der Waals surface area contributed by atoms with Gasteiger partial charge in [0.2, 0.25) is 0 Å². The van der Waals surface area contributed by atoms with E-state index >= 15 is 0 Å². The van der Waals surface area contributed by atoms with Crippen LogP contribution in [0.3, 0.4) is 0 Å². The number of likely N-dealkylation sites (tertiary alicyclic amines) is 1. The molecule has 0 spiro atoms. The number of rotatable bonds is 1. The van der Waals surface area contributed by atoms with E-state index < -0.39 is 6.09 Å². The van der Waals surface area contributed by atoms with E-state index in [1.807, 2.05) is 10.9 Å². The lowest BCUT2D eigenvalue weighted by molar-refractivity contribution is 0.119. The first kappa shape index (κ1) is 12.9. The van der Waals surface area contributed by atoms with Crippen LogP contribution < -0.4 is 0 Å². The molecule has 1 amide bonds. The van der Waals surface area contributed by atoms with Crippen molar-refractivity contribution in [1.29, 1.82) is 0 Å². The fourth-order valence-corrected chi connectivity index (χ4v) is 2.14. The van der Waals surface area contributed by atoms with Crippen LogP contribution in [0.15, 0.2) is 6.20 Å². The Kier molecular flexibility index (Phi) is 3.28. The van der Waals surface area contributed by atoms with Gasteiger partial charge in [-0.2, -0.15) is 0 Å². The SMILES string of the molecule is CC(C)(C)c1cn(C2CCCN(C(=O)O)C2)nn1. The molecule has 1 aromatic rings. The van der Waals surface area contributed by atoms with Crippen LogP contribution in [0.4, 0.5) is 4.79 Å². The van der Waals surface area contributed by atoms with Gasteiger partial charge < -0.3 is 10.0 Å². The van der Waals surface area contributed by atoms with E-state index in [4.69, 9.17) is 5.11 Å². The van der Waals surface area contributed by atoms with Gasteiger partial charge >= 0.3 is 6.09 Å². The third-order valence-electron chi connectivity index (χ3n) is 3.32. The Labute approximate surface area is 107 Å². The van der Waals surface area contributed by atoms with Crippen molar-refractivity contribution in [1.82, 2.24) is 19.9 Å². The first-order valence-electron chi connectivity index (χ1n) is 6.28. The average Bonchev–Trinajstić information content (AvgIpc) is 2.78. The average molecular weight is 252 g/mol. The van der Waals surface area contributed by atoms with Gasteiger partial charge in [-0.15, -0.1) is 5.10 Å². The molecule has 6 heteroatoms. The predicted octanol–water partition coefficient (Wildman–Crippen LogP) is 1.89. The van der Waals surface area contributed by atoms with Crippen molar-refractivity contribution in [3.05, 3.63) is 11.9 Å². The summed E-state index contributed by atoms with van der Waals surface area (Å²) in [6, 6.07) is 0.110. The summed E-state index contributed by atoms with van der Waals surface area (Å²) in [6.45, 7) is 7.39. The molecular weight excluding hydrogens is 232 g/mol. The molecule has 0 aliphatic carbocycles. The Morgan fingerprint density at radius 3 is 2.78 bits per heavy atom. The second-order valence-electron chi connectivity index (χ2n) is 5.86. The van der Waals surface area contributed by atoms with Crippen LogP contribution in [0.1, 0.15) is 45.3 Å². The highest BCUT2D eigenvalue weighted by Gasteiger charge is 2.26. The number of hydrogen-bond donors (Lipinski definition) is 1. The van der Waals surface area contributed by atoms with Crippen LogP contribution in [0, 0.1) is 0 Å². The maximum absolute atomic E-state index is 11.0. The van der Waals surface area contributed by atoms with Crippen molar-refractivity contribution in [2.75, 3.05) is 13.1 Å². The largest absolute Gasteiger partial charge is 0.465 e. The molecular formula is C12H20N4O2. The van der Waals surface area contributed by atoms with E-state index in [9.17, 15) is 4.79 Å². The number of carboxylic acid groups (broad SMARTS) is 1. The maximum atomic E-state index is 11.0.